The maximum Gasteiger partial charge on any atom is 0.251 e. The fourth-order valence-electron chi connectivity index (χ4n) is 6.31. The Bertz CT molecular complexity index is 1990. The molecule has 47 heavy (non-hydrogen) atoms. The van der Waals surface area contributed by atoms with Gasteiger partial charge in [0.05, 0.1) is 34.8 Å². The molecule has 4 N–H and O–H groups in total. The van der Waals surface area contributed by atoms with Crippen LogP contribution >= 0.6 is 11.6 Å². The molecule has 0 saturated heterocycles. The summed E-state index contributed by atoms with van der Waals surface area (Å²) in [5.74, 6) is -4.30. The summed E-state index contributed by atoms with van der Waals surface area (Å²) in [6.45, 7) is -0.317. The second-order valence-electron chi connectivity index (χ2n) is 13.4. The molecule has 0 bridgehead atoms. The molecule has 0 spiro atoms. The number of ether oxygens (including phenoxy) is 1. The monoisotopic (exact) mass is 665 g/mol. The SMILES string of the molecule is NC(=O)C1(c2cc([C@@](O)(CNC(=O)c3cc(OC4CC4)c4nn(C5CC5)cc4c3)C3CC3)nc(-c3cc(Cl)c(F)cc3F)c2F)CC1. The molecule has 4 aliphatic rings. The lowest BCUT2D eigenvalue weighted by Crippen LogP contribution is -2.43. The molecule has 2 heterocycles. The Hall–Kier alpha value is -4.16. The molecule has 2 amide bonds. The standard InChI is InChI=1S/C34H31ClF3N5O4/c35-23-11-21(24(36)13-25(23)37)30-28(38)22(33(7-8-33)32(39)45)12-27(41-30)34(46,18-1-2-18)15-40-31(44)16-9-17-14-43(19-3-4-19)42-29(17)26(10-16)47-20-5-6-20/h9-14,18-20,46H,1-8,15H2,(H2,39,45)(H,40,44)/t34-/m1/s1. The summed E-state index contributed by atoms with van der Waals surface area (Å²) in [5.41, 5.74) is 2.28. The fraction of sp³-hybridized carbons (Fsp3) is 0.412. The Morgan fingerprint density at radius 3 is 2.45 bits per heavy atom. The number of aromatic nitrogens is 3. The van der Waals surface area contributed by atoms with Crippen molar-refractivity contribution in [3.05, 3.63) is 75.8 Å². The number of hydrogen-bond donors (Lipinski definition) is 3. The van der Waals surface area contributed by atoms with Gasteiger partial charge >= 0.3 is 0 Å². The fourth-order valence-corrected chi connectivity index (χ4v) is 6.48. The van der Waals surface area contributed by atoms with Crippen LogP contribution in [0.1, 0.15) is 79.0 Å². The molecular formula is C34H31ClF3N5O4. The normalized spacial score (nSPS) is 19.8. The third-order valence-electron chi connectivity index (χ3n) is 9.77. The van der Waals surface area contributed by atoms with Crippen LogP contribution in [-0.4, -0.2) is 44.3 Å². The summed E-state index contributed by atoms with van der Waals surface area (Å²) < 4.78 is 53.3. The second-order valence-corrected chi connectivity index (χ2v) is 13.8. The highest BCUT2D eigenvalue weighted by molar-refractivity contribution is 6.31. The molecule has 4 aliphatic carbocycles. The predicted octanol–water partition coefficient (Wildman–Crippen LogP) is 5.59. The Labute approximate surface area is 272 Å². The van der Waals surface area contributed by atoms with Gasteiger partial charge in [-0.1, -0.05) is 11.6 Å². The molecule has 244 valence electrons. The van der Waals surface area contributed by atoms with Crippen LogP contribution in [-0.2, 0) is 15.8 Å². The van der Waals surface area contributed by atoms with Crippen LogP contribution < -0.4 is 15.8 Å². The molecular weight excluding hydrogens is 635 g/mol. The van der Waals surface area contributed by atoms with Crippen molar-refractivity contribution in [1.82, 2.24) is 20.1 Å². The lowest BCUT2D eigenvalue weighted by atomic mass is 9.86. The summed E-state index contributed by atoms with van der Waals surface area (Å²) in [7, 11) is 0. The number of hydrogen-bond acceptors (Lipinski definition) is 6. The molecule has 2 aromatic heterocycles. The van der Waals surface area contributed by atoms with Crippen molar-refractivity contribution in [3.8, 4) is 17.0 Å². The summed E-state index contributed by atoms with van der Waals surface area (Å²) >= 11 is 5.93. The van der Waals surface area contributed by atoms with E-state index in [1.54, 1.807) is 12.1 Å². The summed E-state index contributed by atoms with van der Waals surface area (Å²) in [6.07, 6.45) is 7.58. The highest BCUT2D eigenvalue weighted by atomic mass is 35.5. The number of benzene rings is 2. The number of fused-ring (bicyclic) bond motifs is 1. The topological polar surface area (TPSA) is 132 Å². The summed E-state index contributed by atoms with van der Waals surface area (Å²) in [5, 5.41) is 20.0. The largest absolute Gasteiger partial charge is 0.488 e. The minimum Gasteiger partial charge on any atom is -0.488 e. The maximum atomic E-state index is 16.2. The van der Waals surface area contributed by atoms with E-state index in [4.69, 9.17) is 27.2 Å². The van der Waals surface area contributed by atoms with Crippen molar-refractivity contribution < 1.29 is 32.6 Å². The van der Waals surface area contributed by atoms with E-state index >= 15 is 8.78 Å². The summed E-state index contributed by atoms with van der Waals surface area (Å²) in [4.78, 5) is 30.5. The first-order valence-electron chi connectivity index (χ1n) is 15.8. The van der Waals surface area contributed by atoms with E-state index in [0.29, 0.717) is 41.8 Å². The molecule has 4 fully saturated rings. The van der Waals surface area contributed by atoms with Crippen molar-refractivity contribution in [3.63, 3.8) is 0 Å². The molecule has 9 nitrogen and oxygen atoms in total. The van der Waals surface area contributed by atoms with Crippen molar-refractivity contribution in [2.24, 2.45) is 11.7 Å². The van der Waals surface area contributed by atoms with Gasteiger partial charge in [0.2, 0.25) is 5.91 Å². The van der Waals surface area contributed by atoms with E-state index in [1.165, 1.54) is 6.07 Å². The van der Waals surface area contributed by atoms with Gasteiger partial charge < -0.3 is 20.9 Å². The number of halogens is 4. The van der Waals surface area contributed by atoms with E-state index in [1.807, 2.05) is 10.9 Å². The van der Waals surface area contributed by atoms with Gasteiger partial charge in [0, 0.05) is 34.3 Å². The summed E-state index contributed by atoms with van der Waals surface area (Å²) in [6, 6.07) is 6.42. The van der Waals surface area contributed by atoms with Crippen LogP contribution in [0.15, 0.2) is 36.5 Å². The van der Waals surface area contributed by atoms with Crippen LogP contribution in [0.2, 0.25) is 5.02 Å². The first-order chi connectivity index (χ1) is 22.5. The number of nitrogens with two attached hydrogens (primary N) is 1. The number of amides is 2. The number of rotatable bonds is 11. The van der Waals surface area contributed by atoms with Crippen molar-refractivity contribution in [1.29, 1.82) is 0 Å². The van der Waals surface area contributed by atoms with Gasteiger partial charge in [0.15, 0.2) is 5.82 Å². The van der Waals surface area contributed by atoms with E-state index < -0.39 is 56.6 Å². The van der Waals surface area contributed by atoms with Crippen molar-refractivity contribution in [2.45, 2.75) is 74.5 Å². The number of carbonyl (C=O) groups excluding carboxylic acids is 2. The highest BCUT2D eigenvalue weighted by Crippen LogP contribution is 2.52. The van der Waals surface area contributed by atoms with Crippen LogP contribution in [0, 0.1) is 23.4 Å². The van der Waals surface area contributed by atoms with Gasteiger partial charge in [-0.05, 0) is 81.5 Å². The molecule has 0 unspecified atom stereocenters. The van der Waals surface area contributed by atoms with Crippen molar-refractivity contribution in [2.75, 3.05) is 6.54 Å². The van der Waals surface area contributed by atoms with E-state index in [-0.39, 0.29) is 42.7 Å². The van der Waals surface area contributed by atoms with Gasteiger partial charge in [0.25, 0.3) is 5.91 Å². The Morgan fingerprint density at radius 1 is 1.06 bits per heavy atom. The molecule has 4 aromatic rings. The van der Waals surface area contributed by atoms with Gasteiger partial charge in [-0.3, -0.25) is 14.3 Å². The predicted molar refractivity (Wildman–Crippen MR) is 165 cm³/mol. The van der Waals surface area contributed by atoms with E-state index in [0.717, 1.165) is 37.1 Å². The quantitative estimate of drug-likeness (QED) is 0.179. The molecule has 1 atom stereocenters. The van der Waals surface area contributed by atoms with Crippen molar-refractivity contribution >= 4 is 34.3 Å². The molecule has 0 radical (unpaired) electrons. The van der Waals surface area contributed by atoms with Gasteiger partial charge in [-0.25, -0.2) is 18.2 Å². The van der Waals surface area contributed by atoms with Gasteiger partial charge in [-0.15, -0.1) is 0 Å². The number of pyridine rings is 1. The van der Waals surface area contributed by atoms with E-state index in [9.17, 15) is 19.1 Å². The minimum absolute atomic E-state index is 0.0713. The Kier molecular flexibility index (Phi) is 6.86. The second kappa shape index (κ2) is 10.7. The number of carbonyl (C=O) groups is 2. The lowest BCUT2D eigenvalue weighted by Gasteiger charge is -2.30. The number of nitrogens with one attached hydrogen (secondary N) is 1. The molecule has 2 aromatic carbocycles. The Balaban J connectivity index is 1.16. The van der Waals surface area contributed by atoms with E-state index in [2.05, 4.69) is 10.3 Å². The zero-order valence-electron chi connectivity index (χ0n) is 25.2. The zero-order valence-corrected chi connectivity index (χ0v) is 25.9. The highest BCUT2D eigenvalue weighted by Gasteiger charge is 2.54. The number of aliphatic hydroxyl groups is 1. The van der Waals surface area contributed by atoms with Gasteiger partial charge in [-0.2, -0.15) is 5.10 Å². The Morgan fingerprint density at radius 2 is 1.81 bits per heavy atom. The molecule has 0 aliphatic heterocycles. The van der Waals surface area contributed by atoms with Crippen LogP contribution in [0.5, 0.6) is 5.75 Å². The average Bonchev–Trinajstić information content (AvgIpc) is 3.84. The number of primary amides is 1. The molecule has 13 heteroatoms. The van der Waals surface area contributed by atoms with Gasteiger partial charge in [0.1, 0.15) is 34.2 Å². The third-order valence-corrected chi connectivity index (χ3v) is 10.1. The maximum absolute atomic E-state index is 16.2. The lowest BCUT2D eigenvalue weighted by molar-refractivity contribution is -0.120. The molecule has 8 rings (SSSR count). The third kappa shape index (κ3) is 5.31. The minimum atomic E-state index is -1.82. The van der Waals surface area contributed by atoms with Crippen LogP contribution in [0.4, 0.5) is 13.2 Å². The average molecular weight is 666 g/mol. The first kappa shape index (κ1) is 30.2. The molecule has 4 saturated carbocycles. The zero-order chi connectivity index (χ0) is 32.8. The smallest absolute Gasteiger partial charge is 0.251 e. The van der Waals surface area contributed by atoms with Crippen LogP contribution in [0.25, 0.3) is 22.2 Å². The number of nitrogens with zero attached hydrogens (tertiary/aromatic N) is 3. The van der Waals surface area contributed by atoms with Crippen LogP contribution in [0.3, 0.4) is 0 Å². The first-order valence-corrected chi connectivity index (χ1v) is 16.2.